The second-order valence-corrected chi connectivity index (χ2v) is 5.00. The molecule has 0 fully saturated rings. The molecule has 0 unspecified atom stereocenters. The third-order valence-electron chi connectivity index (χ3n) is 3.06. The van der Waals surface area contributed by atoms with Crippen molar-refractivity contribution in [2.75, 3.05) is 11.9 Å². The number of hydrogen-bond donors (Lipinski definition) is 3. The number of rotatable bonds is 5. The van der Waals surface area contributed by atoms with Crippen LogP contribution < -0.4 is 16.2 Å². The molecule has 0 bridgehead atoms. The quantitative estimate of drug-likeness (QED) is 0.706. The number of hydrogen-bond acceptors (Lipinski definition) is 5. The van der Waals surface area contributed by atoms with E-state index in [1.54, 1.807) is 24.2 Å². The van der Waals surface area contributed by atoms with Crippen molar-refractivity contribution in [1.29, 1.82) is 0 Å². The summed E-state index contributed by atoms with van der Waals surface area (Å²) in [6.07, 6.45) is 3.48. The summed E-state index contributed by atoms with van der Waals surface area (Å²) in [6, 6.07) is -0.921. The van der Waals surface area contributed by atoms with Crippen molar-refractivity contribution in [1.82, 2.24) is 25.1 Å². The number of H-pyrrole nitrogens is 1. The fourth-order valence-electron chi connectivity index (χ4n) is 1.97. The number of nitrogens with one attached hydrogen (secondary N) is 3. The minimum absolute atomic E-state index is 0.169. The molecule has 2 aromatic rings. The molecule has 0 aromatic carbocycles. The molecule has 8 nitrogen and oxygen atoms in total. The van der Waals surface area contributed by atoms with Gasteiger partial charge in [0.2, 0.25) is 0 Å². The molecule has 134 valence electrons. The molecule has 0 saturated heterocycles. The number of carbonyl (C=O) groups is 1. The summed E-state index contributed by atoms with van der Waals surface area (Å²) >= 11 is 0. The van der Waals surface area contributed by atoms with E-state index in [1.165, 1.54) is 23.3 Å². The molecule has 0 aliphatic heterocycles. The summed E-state index contributed by atoms with van der Waals surface area (Å²) in [6.45, 7) is 1.76. The molecule has 2 rings (SSSR count). The molecule has 25 heavy (non-hydrogen) atoms. The molecule has 0 spiro atoms. The topological polar surface area (TPSA) is 105 Å². The average Bonchev–Trinajstić information content (AvgIpc) is 3.04. The lowest BCUT2D eigenvalue weighted by Crippen LogP contribution is -2.28. The third kappa shape index (κ3) is 4.93. The summed E-state index contributed by atoms with van der Waals surface area (Å²) < 4.78 is 40.0. The van der Waals surface area contributed by atoms with Gasteiger partial charge in [0.15, 0.2) is 0 Å². The van der Waals surface area contributed by atoms with Crippen LogP contribution in [0.1, 0.15) is 12.5 Å². The highest BCUT2D eigenvalue weighted by molar-refractivity contribution is 5.76. The SMILES string of the molecule is C[C@@H](/C=C/CNC(=O)n1ccnc1)Nc1cn[nH]c(=O)c1C(F)(F)F. The fraction of sp³-hybridized carbons (Fsp3) is 0.286. The van der Waals surface area contributed by atoms with Gasteiger partial charge in [0.25, 0.3) is 5.56 Å². The second kappa shape index (κ2) is 7.64. The van der Waals surface area contributed by atoms with E-state index in [9.17, 15) is 22.8 Å². The van der Waals surface area contributed by atoms with Gasteiger partial charge >= 0.3 is 12.2 Å². The first kappa shape index (κ1) is 18.2. The summed E-state index contributed by atoms with van der Waals surface area (Å²) in [5, 5.41) is 10.3. The van der Waals surface area contributed by atoms with E-state index < -0.39 is 29.0 Å². The number of aromatic amines is 1. The molecule has 0 saturated carbocycles. The predicted octanol–water partition coefficient (Wildman–Crippen LogP) is 1.60. The summed E-state index contributed by atoms with van der Waals surface area (Å²) in [7, 11) is 0. The second-order valence-electron chi connectivity index (χ2n) is 5.00. The molecule has 0 aliphatic carbocycles. The van der Waals surface area contributed by atoms with E-state index in [0.29, 0.717) is 0 Å². The average molecular weight is 356 g/mol. The van der Waals surface area contributed by atoms with Gasteiger partial charge in [0, 0.05) is 25.0 Å². The lowest BCUT2D eigenvalue weighted by atomic mass is 10.2. The lowest BCUT2D eigenvalue weighted by molar-refractivity contribution is -0.138. The van der Waals surface area contributed by atoms with Gasteiger partial charge < -0.3 is 10.6 Å². The van der Waals surface area contributed by atoms with Crippen molar-refractivity contribution < 1.29 is 18.0 Å². The van der Waals surface area contributed by atoms with Crippen molar-refractivity contribution in [3.05, 3.63) is 53.0 Å². The van der Waals surface area contributed by atoms with E-state index in [0.717, 1.165) is 6.20 Å². The zero-order chi connectivity index (χ0) is 18.4. The van der Waals surface area contributed by atoms with E-state index in [-0.39, 0.29) is 12.6 Å². The van der Waals surface area contributed by atoms with Crippen molar-refractivity contribution in [2.45, 2.75) is 19.1 Å². The van der Waals surface area contributed by atoms with Crippen LogP contribution in [0.3, 0.4) is 0 Å². The van der Waals surface area contributed by atoms with Gasteiger partial charge in [0.05, 0.1) is 11.9 Å². The minimum Gasteiger partial charge on any atom is -0.377 e. The zero-order valence-corrected chi connectivity index (χ0v) is 13.0. The Morgan fingerprint density at radius 1 is 1.48 bits per heavy atom. The Bertz CT molecular complexity index is 798. The molecule has 0 radical (unpaired) electrons. The van der Waals surface area contributed by atoms with Crippen molar-refractivity contribution >= 4 is 11.7 Å². The maximum atomic E-state index is 12.9. The van der Waals surface area contributed by atoms with Gasteiger partial charge in [-0.2, -0.15) is 18.3 Å². The molecule has 0 aliphatic rings. The highest BCUT2D eigenvalue weighted by Gasteiger charge is 2.37. The maximum Gasteiger partial charge on any atom is 0.423 e. The highest BCUT2D eigenvalue weighted by Crippen LogP contribution is 2.31. The van der Waals surface area contributed by atoms with Crippen molar-refractivity contribution in [2.24, 2.45) is 0 Å². The Kier molecular flexibility index (Phi) is 5.57. The van der Waals surface area contributed by atoms with Gasteiger partial charge in [-0.05, 0) is 6.92 Å². The number of amides is 1. The Morgan fingerprint density at radius 2 is 2.24 bits per heavy atom. The minimum atomic E-state index is -4.80. The van der Waals surface area contributed by atoms with Crippen LogP contribution in [0.15, 0.2) is 41.9 Å². The molecule has 3 N–H and O–H groups in total. The first-order valence-electron chi connectivity index (χ1n) is 7.13. The summed E-state index contributed by atoms with van der Waals surface area (Å²) in [4.78, 5) is 26.7. The lowest BCUT2D eigenvalue weighted by Gasteiger charge is -2.15. The molecule has 1 amide bonds. The first-order valence-corrected chi connectivity index (χ1v) is 7.13. The number of imidazole rings is 1. The van der Waals surface area contributed by atoms with Crippen LogP contribution in [0.5, 0.6) is 0 Å². The van der Waals surface area contributed by atoms with Crippen molar-refractivity contribution in [3.63, 3.8) is 0 Å². The van der Waals surface area contributed by atoms with Crippen LogP contribution in [-0.2, 0) is 6.18 Å². The zero-order valence-electron chi connectivity index (χ0n) is 13.0. The Hall–Kier alpha value is -3.11. The van der Waals surface area contributed by atoms with E-state index in [2.05, 4.69) is 20.7 Å². The fourth-order valence-corrected chi connectivity index (χ4v) is 1.97. The van der Waals surface area contributed by atoms with E-state index >= 15 is 0 Å². The third-order valence-corrected chi connectivity index (χ3v) is 3.06. The summed E-state index contributed by atoms with van der Waals surface area (Å²) in [5.41, 5.74) is -3.08. The van der Waals surface area contributed by atoms with Crippen LogP contribution in [0.4, 0.5) is 23.7 Å². The maximum absolute atomic E-state index is 12.9. The molecule has 1 atom stereocenters. The Balaban J connectivity index is 1.94. The number of aromatic nitrogens is 4. The smallest absolute Gasteiger partial charge is 0.377 e. The van der Waals surface area contributed by atoms with E-state index in [4.69, 9.17) is 0 Å². The van der Waals surface area contributed by atoms with Crippen molar-refractivity contribution in [3.8, 4) is 0 Å². The molecular weight excluding hydrogens is 341 g/mol. The Labute approximate surface area is 139 Å². The molecule has 2 heterocycles. The number of carbonyl (C=O) groups excluding carboxylic acids is 1. The summed E-state index contributed by atoms with van der Waals surface area (Å²) in [5.74, 6) is 0. The number of halogens is 3. The number of nitrogens with zero attached hydrogens (tertiary/aromatic N) is 3. The van der Waals surface area contributed by atoms with Gasteiger partial charge in [-0.15, -0.1) is 0 Å². The molecule has 2 aromatic heterocycles. The predicted molar refractivity (Wildman–Crippen MR) is 83.1 cm³/mol. The van der Waals surface area contributed by atoms with E-state index in [1.807, 2.05) is 0 Å². The van der Waals surface area contributed by atoms with Gasteiger partial charge in [-0.25, -0.2) is 14.9 Å². The normalized spacial score (nSPS) is 13.0. The standard InChI is InChI=1S/C14H15F3N6O2/c1-9(3-2-4-19-13(25)23-6-5-18-8-23)21-10-7-20-22-12(24)11(10)14(15,16)17/h2-3,5-9H,4H2,1H3,(H,19,25)(H2,21,22,24)/b3-2+/t9-/m0/s1. The van der Waals surface area contributed by atoms with Gasteiger partial charge in [-0.3, -0.25) is 9.36 Å². The van der Waals surface area contributed by atoms with Crippen LogP contribution >= 0.6 is 0 Å². The first-order chi connectivity index (χ1) is 11.8. The molecular formula is C14H15F3N6O2. The largest absolute Gasteiger partial charge is 0.423 e. The number of alkyl halides is 3. The molecule has 11 heteroatoms. The van der Waals surface area contributed by atoms with Gasteiger partial charge in [0.1, 0.15) is 11.9 Å². The van der Waals surface area contributed by atoms with Gasteiger partial charge in [-0.1, -0.05) is 12.2 Å². The van der Waals surface area contributed by atoms with Crippen LogP contribution in [0.2, 0.25) is 0 Å². The van der Waals surface area contributed by atoms with Crippen LogP contribution in [-0.4, -0.2) is 38.4 Å². The number of anilines is 1. The Morgan fingerprint density at radius 3 is 2.88 bits per heavy atom. The van der Waals surface area contributed by atoms with Crippen LogP contribution in [0.25, 0.3) is 0 Å². The van der Waals surface area contributed by atoms with Crippen LogP contribution in [0, 0.1) is 0 Å². The highest BCUT2D eigenvalue weighted by atomic mass is 19.4. The monoisotopic (exact) mass is 356 g/mol.